The van der Waals surface area contributed by atoms with Crippen LogP contribution in [0.4, 0.5) is 24.5 Å². The first kappa shape index (κ1) is 23.2. The summed E-state index contributed by atoms with van der Waals surface area (Å²) < 4.78 is 64.9. The van der Waals surface area contributed by atoms with E-state index >= 15 is 0 Å². The Kier molecular flexibility index (Phi) is 6.80. The first-order valence-electron chi connectivity index (χ1n) is 9.29. The van der Waals surface area contributed by atoms with Crippen LogP contribution in [0.15, 0.2) is 71.9 Å². The van der Waals surface area contributed by atoms with Crippen molar-refractivity contribution in [1.82, 2.24) is 15.0 Å². The Labute approximate surface area is 182 Å². The first-order chi connectivity index (χ1) is 15.1. The molecule has 0 aliphatic heterocycles. The lowest BCUT2D eigenvalue weighted by atomic mass is 10.1. The van der Waals surface area contributed by atoms with Crippen LogP contribution in [0.25, 0.3) is 0 Å². The highest BCUT2D eigenvalue weighted by Gasteiger charge is 2.30. The number of sulfonamides is 1. The quantitative estimate of drug-likeness (QED) is 0.495. The van der Waals surface area contributed by atoms with Crippen LogP contribution in [-0.2, 0) is 22.7 Å². The molecule has 0 spiro atoms. The average molecular weight is 464 g/mol. The molecule has 0 fully saturated rings. The number of carbonyl (C=O) groups is 1. The summed E-state index contributed by atoms with van der Waals surface area (Å²) in [4.78, 5) is 16.7. The second-order valence-electron chi connectivity index (χ2n) is 6.66. The number of pyridine rings is 1. The minimum atomic E-state index is -4.47. The normalized spacial score (nSPS) is 11.8. The van der Waals surface area contributed by atoms with Gasteiger partial charge in [-0.2, -0.15) is 13.2 Å². The molecule has 3 rings (SSSR count). The number of hydrogen-bond acceptors (Lipinski definition) is 5. The number of anilines is 2. The van der Waals surface area contributed by atoms with Gasteiger partial charge in [0.05, 0.1) is 21.7 Å². The van der Waals surface area contributed by atoms with E-state index in [0.717, 1.165) is 17.7 Å². The molecule has 1 amide bonds. The first-order valence-corrected chi connectivity index (χ1v) is 10.8. The molecule has 32 heavy (non-hydrogen) atoms. The average Bonchev–Trinajstić information content (AvgIpc) is 2.78. The number of nitrogens with zero attached hydrogens (tertiary/aromatic N) is 1. The van der Waals surface area contributed by atoms with Gasteiger partial charge in [-0.15, -0.1) is 0 Å². The van der Waals surface area contributed by atoms with Crippen molar-refractivity contribution in [3.05, 3.63) is 83.7 Å². The summed E-state index contributed by atoms with van der Waals surface area (Å²) in [6.07, 6.45) is -1.31. The summed E-state index contributed by atoms with van der Waals surface area (Å²) >= 11 is 0. The Balaban J connectivity index is 1.91. The monoisotopic (exact) mass is 464 g/mol. The van der Waals surface area contributed by atoms with Crippen LogP contribution in [0, 0.1) is 0 Å². The van der Waals surface area contributed by atoms with Gasteiger partial charge in [-0.05, 0) is 61.1 Å². The largest absolute Gasteiger partial charge is 0.416 e. The second kappa shape index (κ2) is 9.37. The van der Waals surface area contributed by atoms with E-state index in [1.165, 1.54) is 37.4 Å². The zero-order valence-electron chi connectivity index (χ0n) is 16.8. The van der Waals surface area contributed by atoms with Crippen molar-refractivity contribution in [2.24, 2.45) is 0 Å². The number of aromatic nitrogens is 1. The Bertz CT molecular complexity index is 1200. The van der Waals surface area contributed by atoms with E-state index in [4.69, 9.17) is 0 Å². The van der Waals surface area contributed by atoms with Crippen LogP contribution in [0.2, 0.25) is 0 Å². The Morgan fingerprint density at radius 3 is 2.38 bits per heavy atom. The topological polar surface area (TPSA) is 100 Å². The smallest absolute Gasteiger partial charge is 0.355 e. The van der Waals surface area contributed by atoms with Crippen LogP contribution in [0.5, 0.6) is 0 Å². The fourth-order valence-electron chi connectivity index (χ4n) is 2.78. The summed E-state index contributed by atoms with van der Waals surface area (Å²) in [7, 11) is -2.58. The number of nitrogens with one attached hydrogen (secondary N) is 3. The molecule has 0 aliphatic rings. The lowest BCUT2D eigenvalue weighted by molar-refractivity contribution is -0.137. The van der Waals surface area contributed by atoms with E-state index in [1.54, 1.807) is 24.5 Å². The van der Waals surface area contributed by atoms with E-state index in [-0.39, 0.29) is 22.7 Å². The fourth-order valence-corrected chi connectivity index (χ4v) is 3.54. The van der Waals surface area contributed by atoms with Crippen molar-refractivity contribution >= 4 is 27.3 Å². The molecule has 1 aromatic heterocycles. The van der Waals surface area contributed by atoms with Gasteiger partial charge in [-0.3, -0.25) is 9.78 Å². The molecule has 0 aliphatic carbocycles. The number of alkyl halides is 3. The van der Waals surface area contributed by atoms with Crippen molar-refractivity contribution in [2.45, 2.75) is 17.6 Å². The van der Waals surface area contributed by atoms with Crippen LogP contribution in [0.3, 0.4) is 0 Å². The molecular formula is C21H19F3N4O3S. The van der Waals surface area contributed by atoms with Crippen molar-refractivity contribution in [1.29, 1.82) is 0 Å². The zero-order chi connectivity index (χ0) is 23.4. The van der Waals surface area contributed by atoms with E-state index in [0.29, 0.717) is 5.69 Å². The Morgan fingerprint density at radius 1 is 1.06 bits per heavy atom. The van der Waals surface area contributed by atoms with Gasteiger partial charge in [0, 0.05) is 24.6 Å². The molecule has 2 aromatic carbocycles. The molecule has 1 heterocycles. The summed E-state index contributed by atoms with van der Waals surface area (Å²) in [6, 6.07) is 11.6. The van der Waals surface area contributed by atoms with Gasteiger partial charge in [-0.25, -0.2) is 13.1 Å². The maximum atomic E-state index is 12.8. The minimum Gasteiger partial charge on any atom is -0.355 e. The minimum absolute atomic E-state index is 0.00473. The molecule has 0 radical (unpaired) electrons. The Hall–Kier alpha value is -3.44. The predicted molar refractivity (Wildman–Crippen MR) is 113 cm³/mol. The third kappa shape index (κ3) is 5.62. The highest BCUT2D eigenvalue weighted by molar-refractivity contribution is 7.89. The highest BCUT2D eigenvalue weighted by Crippen LogP contribution is 2.31. The molecule has 3 N–H and O–H groups in total. The maximum absolute atomic E-state index is 12.8. The molecule has 3 aromatic rings. The van der Waals surface area contributed by atoms with Crippen LogP contribution < -0.4 is 15.4 Å². The highest BCUT2D eigenvalue weighted by atomic mass is 32.2. The van der Waals surface area contributed by atoms with E-state index in [1.807, 2.05) is 0 Å². The van der Waals surface area contributed by atoms with Gasteiger partial charge in [-0.1, -0.05) is 6.07 Å². The number of carbonyl (C=O) groups excluding carboxylic acids is 1. The zero-order valence-corrected chi connectivity index (χ0v) is 17.6. The number of rotatable bonds is 7. The van der Waals surface area contributed by atoms with Gasteiger partial charge >= 0.3 is 6.18 Å². The lowest BCUT2D eigenvalue weighted by Crippen LogP contribution is -2.25. The van der Waals surface area contributed by atoms with Crippen LogP contribution in [0.1, 0.15) is 21.5 Å². The molecule has 0 unspecified atom stereocenters. The number of amides is 1. The fraction of sp³-hybridized carbons (Fsp3) is 0.143. The van der Waals surface area contributed by atoms with Gasteiger partial charge in [0.2, 0.25) is 10.0 Å². The molecule has 0 bridgehead atoms. The maximum Gasteiger partial charge on any atom is 0.416 e. The van der Waals surface area contributed by atoms with Gasteiger partial charge in [0.1, 0.15) is 0 Å². The van der Waals surface area contributed by atoms with Gasteiger partial charge in [0.15, 0.2) is 0 Å². The van der Waals surface area contributed by atoms with Crippen LogP contribution >= 0.6 is 0 Å². The SMILES string of the molecule is CNS(=O)(=O)c1ccc(Nc2ccc(C(F)(F)F)cc2)c(C(=O)NCc2cccnc2)c1. The van der Waals surface area contributed by atoms with E-state index in [2.05, 4.69) is 20.3 Å². The molecule has 168 valence electrons. The van der Waals surface area contributed by atoms with Crippen LogP contribution in [-0.4, -0.2) is 26.4 Å². The summed E-state index contributed by atoms with van der Waals surface area (Å²) in [6.45, 7) is 0.148. The van der Waals surface area contributed by atoms with Crippen molar-refractivity contribution in [3.8, 4) is 0 Å². The molecule has 0 saturated carbocycles. The molecule has 11 heteroatoms. The number of benzene rings is 2. The molecule has 7 nitrogen and oxygen atoms in total. The van der Waals surface area contributed by atoms with Crippen molar-refractivity contribution < 1.29 is 26.4 Å². The standard InChI is InChI=1S/C21H19F3N4O3S/c1-25-32(30,31)17-8-9-19(28-16-6-4-15(5-7-16)21(22,23)24)18(11-17)20(29)27-13-14-3-2-10-26-12-14/h2-12,25,28H,13H2,1H3,(H,27,29). The number of halogens is 3. The molecule has 0 saturated heterocycles. The van der Waals surface area contributed by atoms with Crippen molar-refractivity contribution in [2.75, 3.05) is 12.4 Å². The summed E-state index contributed by atoms with van der Waals surface area (Å²) in [5, 5.41) is 5.56. The third-order valence-corrected chi connectivity index (χ3v) is 5.89. The summed E-state index contributed by atoms with van der Waals surface area (Å²) in [5.74, 6) is -0.573. The predicted octanol–water partition coefficient (Wildman–Crippen LogP) is 3.68. The summed E-state index contributed by atoms with van der Waals surface area (Å²) in [5.41, 5.74) is 0.446. The molecular weight excluding hydrogens is 445 g/mol. The third-order valence-electron chi connectivity index (χ3n) is 4.48. The van der Waals surface area contributed by atoms with Gasteiger partial charge in [0.25, 0.3) is 5.91 Å². The Morgan fingerprint density at radius 2 is 1.78 bits per heavy atom. The number of hydrogen-bond donors (Lipinski definition) is 3. The molecule has 0 atom stereocenters. The van der Waals surface area contributed by atoms with E-state index in [9.17, 15) is 26.4 Å². The second-order valence-corrected chi connectivity index (χ2v) is 8.55. The van der Waals surface area contributed by atoms with E-state index < -0.39 is 27.7 Å². The lowest BCUT2D eigenvalue weighted by Gasteiger charge is -2.15. The van der Waals surface area contributed by atoms with Gasteiger partial charge < -0.3 is 10.6 Å². The van der Waals surface area contributed by atoms with Crippen molar-refractivity contribution in [3.63, 3.8) is 0 Å².